The highest BCUT2D eigenvalue weighted by Crippen LogP contribution is 2.64. The Hall–Kier alpha value is -2.46. The van der Waals surface area contributed by atoms with E-state index in [0.29, 0.717) is 17.4 Å². The Morgan fingerprint density at radius 2 is 2.03 bits per heavy atom. The molecule has 1 aliphatic carbocycles. The number of aromatic nitrogens is 3. The van der Waals surface area contributed by atoms with Gasteiger partial charge >= 0.3 is 6.18 Å². The number of thioether (sulfide) groups is 1. The third-order valence-corrected chi connectivity index (χ3v) is 8.12. The second kappa shape index (κ2) is 10.3. The topological polar surface area (TPSA) is 58.7 Å². The zero-order valence-corrected chi connectivity index (χ0v) is 21.2. The molecule has 1 aromatic carbocycles. The van der Waals surface area contributed by atoms with Crippen LogP contribution in [-0.2, 0) is 13.2 Å². The van der Waals surface area contributed by atoms with Gasteiger partial charge in [0.1, 0.15) is 5.70 Å². The van der Waals surface area contributed by atoms with Crippen LogP contribution >= 0.6 is 11.8 Å². The highest BCUT2D eigenvalue weighted by molar-refractivity contribution is 7.99. The molecule has 4 rings (SSSR count). The standard InChI is InChI=1S/C25H31F3N6S/c1-5-30-17(2)21(29-3)22-31-32-23(33(22)4)35-14-6-12-34-13-11-24(16-34)15-20(24)18-7-9-19(10-8-18)25(26,27)28/h5,7-10,20H,3,6,11-16H2,1-2,4H3/b21-17-,30-5-/t20-,24+/m1/s1. The number of hydrogen-bond acceptors (Lipinski definition) is 6. The number of halogens is 3. The summed E-state index contributed by atoms with van der Waals surface area (Å²) in [4.78, 5) is 10.9. The van der Waals surface area contributed by atoms with Gasteiger partial charge in [0.15, 0.2) is 11.0 Å². The number of rotatable bonds is 9. The van der Waals surface area contributed by atoms with Gasteiger partial charge in [-0.2, -0.15) is 13.2 Å². The second-order valence-electron chi connectivity index (χ2n) is 9.31. The summed E-state index contributed by atoms with van der Waals surface area (Å²) in [6.07, 6.45) is 0.637. The van der Waals surface area contributed by atoms with Crippen molar-refractivity contribution in [2.45, 2.75) is 50.4 Å². The van der Waals surface area contributed by atoms with Crippen molar-refractivity contribution in [1.82, 2.24) is 19.7 Å². The summed E-state index contributed by atoms with van der Waals surface area (Å²) in [5.74, 6) is 1.95. The lowest BCUT2D eigenvalue weighted by atomic mass is 9.97. The predicted octanol–water partition coefficient (Wildman–Crippen LogP) is 5.68. The molecule has 1 saturated heterocycles. The van der Waals surface area contributed by atoms with E-state index in [4.69, 9.17) is 0 Å². The first-order chi connectivity index (χ1) is 16.7. The second-order valence-corrected chi connectivity index (χ2v) is 10.4. The van der Waals surface area contributed by atoms with Crippen LogP contribution in [0.5, 0.6) is 0 Å². The van der Waals surface area contributed by atoms with Crippen molar-refractivity contribution in [2.24, 2.45) is 22.4 Å². The lowest BCUT2D eigenvalue weighted by Gasteiger charge is -2.16. The fraction of sp³-hybridized carbons (Fsp3) is 0.520. The van der Waals surface area contributed by atoms with Gasteiger partial charge in [-0.25, -0.2) is 0 Å². The Morgan fingerprint density at radius 3 is 2.69 bits per heavy atom. The van der Waals surface area contributed by atoms with Crippen molar-refractivity contribution in [1.29, 1.82) is 0 Å². The van der Waals surface area contributed by atoms with Gasteiger partial charge < -0.3 is 9.47 Å². The Bertz CT molecular complexity index is 1120. The van der Waals surface area contributed by atoms with Gasteiger partial charge in [0.05, 0.1) is 11.3 Å². The van der Waals surface area contributed by atoms with Crippen molar-refractivity contribution in [2.75, 3.05) is 25.4 Å². The molecule has 2 heterocycles. The predicted molar refractivity (Wildman–Crippen MR) is 135 cm³/mol. The molecule has 1 aliphatic heterocycles. The number of alkyl halides is 3. The summed E-state index contributed by atoms with van der Waals surface area (Å²) in [7, 11) is 1.92. The van der Waals surface area contributed by atoms with E-state index in [1.54, 1.807) is 30.1 Å². The Kier molecular flexibility index (Phi) is 7.51. The summed E-state index contributed by atoms with van der Waals surface area (Å²) in [6.45, 7) is 10.4. The van der Waals surface area contributed by atoms with Crippen LogP contribution in [0.4, 0.5) is 13.2 Å². The fourth-order valence-electron chi connectivity index (χ4n) is 5.05. The largest absolute Gasteiger partial charge is 0.416 e. The van der Waals surface area contributed by atoms with E-state index in [9.17, 15) is 13.2 Å². The SMILES string of the molecule is C=N/C(=C(C)\N=C/C)c1nnc(SCCCN2CC[C@]3(C[C@@H]3c3ccc(C(F)(F)F)cc3)C2)n1C. The molecule has 0 amide bonds. The van der Waals surface area contributed by atoms with Crippen LogP contribution in [0.15, 0.2) is 45.1 Å². The van der Waals surface area contributed by atoms with Crippen LogP contribution in [-0.4, -0.2) is 58.0 Å². The molecule has 35 heavy (non-hydrogen) atoms. The highest BCUT2D eigenvalue weighted by Gasteiger charge is 2.57. The molecule has 0 N–H and O–H groups in total. The molecule has 0 unspecified atom stereocenters. The summed E-state index contributed by atoms with van der Waals surface area (Å²) in [5.41, 5.74) is 2.07. The van der Waals surface area contributed by atoms with Crippen LogP contribution in [0.25, 0.3) is 5.70 Å². The quantitative estimate of drug-likeness (QED) is 0.251. The van der Waals surface area contributed by atoms with Crippen LogP contribution in [0, 0.1) is 5.41 Å². The zero-order valence-electron chi connectivity index (χ0n) is 20.3. The molecule has 10 heteroatoms. The number of nitrogens with zero attached hydrogens (tertiary/aromatic N) is 6. The van der Waals surface area contributed by atoms with Gasteiger partial charge in [-0.05, 0) is 81.9 Å². The molecule has 0 bridgehead atoms. The molecular formula is C25H31F3N6S. The summed E-state index contributed by atoms with van der Waals surface area (Å²) < 4.78 is 40.5. The van der Waals surface area contributed by atoms with E-state index in [1.807, 2.05) is 25.5 Å². The third kappa shape index (κ3) is 5.53. The van der Waals surface area contributed by atoms with Gasteiger partial charge in [0, 0.05) is 25.6 Å². The van der Waals surface area contributed by atoms with Crippen LogP contribution in [0.3, 0.4) is 0 Å². The average molecular weight is 505 g/mol. The molecule has 1 aromatic heterocycles. The Morgan fingerprint density at radius 1 is 1.29 bits per heavy atom. The van der Waals surface area contributed by atoms with Crippen molar-refractivity contribution >= 4 is 30.4 Å². The van der Waals surface area contributed by atoms with E-state index < -0.39 is 11.7 Å². The van der Waals surface area contributed by atoms with E-state index in [2.05, 4.69) is 31.8 Å². The minimum absolute atomic E-state index is 0.241. The smallest absolute Gasteiger partial charge is 0.304 e. The minimum atomic E-state index is -4.28. The molecule has 6 nitrogen and oxygen atoms in total. The Labute approximate surface area is 208 Å². The molecule has 0 radical (unpaired) electrons. The molecule has 2 fully saturated rings. The van der Waals surface area contributed by atoms with E-state index >= 15 is 0 Å². The molecular weight excluding hydrogens is 473 g/mol. The first kappa shape index (κ1) is 25.6. The van der Waals surface area contributed by atoms with Crippen LogP contribution in [0.2, 0.25) is 0 Å². The maximum atomic E-state index is 12.8. The van der Waals surface area contributed by atoms with Crippen LogP contribution in [0.1, 0.15) is 56.0 Å². The van der Waals surface area contributed by atoms with E-state index in [1.165, 1.54) is 12.1 Å². The van der Waals surface area contributed by atoms with Gasteiger partial charge in [0.25, 0.3) is 0 Å². The number of likely N-dealkylation sites (tertiary alicyclic amines) is 1. The maximum Gasteiger partial charge on any atom is 0.416 e. The highest BCUT2D eigenvalue weighted by atomic mass is 32.2. The molecule has 2 atom stereocenters. The minimum Gasteiger partial charge on any atom is -0.304 e. The lowest BCUT2D eigenvalue weighted by molar-refractivity contribution is -0.137. The average Bonchev–Trinajstić information content (AvgIpc) is 3.18. The van der Waals surface area contributed by atoms with Gasteiger partial charge in [-0.1, -0.05) is 23.9 Å². The molecule has 1 spiro atoms. The van der Waals surface area contributed by atoms with E-state index in [-0.39, 0.29) is 5.41 Å². The monoisotopic (exact) mass is 504 g/mol. The number of aliphatic imine (C=N–C) groups is 2. The molecule has 2 aliphatic rings. The molecule has 188 valence electrons. The van der Waals surface area contributed by atoms with Gasteiger partial charge in [0.2, 0.25) is 0 Å². The fourth-order valence-corrected chi connectivity index (χ4v) is 5.88. The molecule has 1 saturated carbocycles. The normalized spacial score (nSPS) is 23.3. The van der Waals surface area contributed by atoms with Gasteiger partial charge in [-0.3, -0.25) is 9.98 Å². The summed E-state index contributed by atoms with van der Waals surface area (Å²) in [6, 6.07) is 5.75. The zero-order chi connectivity index (χ0) is 25.2. The summed E-state index contributed by atoms with van der Waals surface area (Å²) in [5, 5.41) is 9.43. The maximum absolute atomic E-state index is 12.8. The van der Waals surface area contributed by atoms with Crippen molar-refractivity contribution in [3.63, 3.8) is 0 Å². The van der Waals surface area contributed by atoms with Crippen molar-refractivity contribution in [3.8, 4) is 0 Å². The van der Waals surface area contributed by atoms with E-state index in [0.717, 1.165) is 61.1 Å². The van der Waals surface area contributed by atoms with Crippen LogP contribution < -0.4 is 0 Å². The lowest BCUT2D eigenvalue weighted by Crippen LogP contribution is -2.23. The third-order valence-electron chi connectivity index (χ3n) is 7.01. The van der Waals surface area contributed by atoms with Crippen molar-refractivity contribution < 1.29 is 13.2 Å². The number of hydrogen-bond donors (Lipinski definition) is 0. The Balaban J connectivity index is 1.25. The summed E-state index contributed by atoms with van der Waals surface area (Å²) >= 11 is 1.67. The number of benzene rings is 1. The number of allylic oxidation sites excluding steroid dienone is 1. The van der Waals surface area contributed by atoms with Crippen molar-refractivity contribution in [3.05, 3.63) is 46.9 Å². The first-order valence-electron chi connectivity index (χ1n) is 11.8. The first-order valence-corrected chi connectivity index (χ1v) is 12.8. The molecule has 2 aromatic rings. The van der Waals surface area contributed by atoms with Gasteiger partial charge in [-0.15, -0.1) is 10.2 Å².